The van der Waals surface area contributed by atoms with Crippen molar-refractivity contribution in [1.29, 1.82) is 0 Å². The molecule has 0 aliphatic carbocycles. The molecule has 0 aliphatic rings. The molecule has 22 heavy (non-hydrogen) atoms. The molecule has 0 amide bonds. The standard InChI is InChI=1S/C15H17N3O4/c1-15(2,9-17-8-7-16-11-17)10-22-14(19)12-3-5-13(6-4-12)18(20)21/h3-8,11H,9-10H2,1-2H3. The molecule has 0 atom stereocenters. The van der Waals surface area contributed by atoms with Gasteiger partial charge in [0.2, 0.25) is 0 Å². The van der Waals surface area contributed by atoms with Crippen LogP contribution in [0.5, 0.6) is 0 Å². The molecule has 0 unspecified atom stereocenters. The molecule has 0 fully saturated rings. The first-order valence-electron chi connectivity index (χ1n) is 6.75. The summed E-state index contributed by atoms with van der Waals surface area (Å²) >= 11 is 0. The first-order chi connectivity index (χ1) is 10.4. The Bertz CT molecular complexity index is 648. The minimum Gasteiger partial charge on any atom is -0.461 e. The van der Waals surface area contributed by atoms with E-state index < -0.39 is 10.9 Å². The number of carbonyl (C=O) groups is 1. The van der Waals surface area contributed by atoms with E-state index in [0.29, 0.717) is 12.1 Å². The number of hydrogen-bond donors (Lipinski definition) is 0. The topological polar surface area (TPSA) is 87.3 Å². The molecule has 7 heteroatoms. The quantitative estimate of drug-likeness (QED) is 0.465. The molecular formula is C15H17N3O4. The summed E-state index contributed by atoms with van der Waals surface area (Å²) < 4.78 is 7.22. The number of carbonyl (C=O) groups excluding carboxylic acids is 1. The highest BCUT2D eigenvalue weighted by atomic mass is 16.6. The molecule has 0 radical (unpaired) electrons. The number of benzene rings is 1. The Kier molecular flexibility index (Phi) is 4.55. The van der Waals surface area contributed by atoms with Crippen molar-refractivity contribution >= 4 is 11.7 Å². The van der Waals surface area contributed by atoms with Crippen LogP contribution >= 0.6 is 0 Å². The lowest BCUT2D eigenvalue weighted by Crippen LogP contribution is -2.26. The molecule has 1 aromatic heterocycles. The predicted molar refractivity (Wildman–Crippen MR) is 79.4 cm³/mol. The highest BCUT2D eigenvalue weighted by Gasteiger charge is 2.21. The van der Waals surface area contributed by atoms with Crippen molar-refractivity contribution in [1.82, 2.24) is 9.55 Å². The molecule has 1 heterocycles. The molecule has 7 nitrogen and oxygen atoms in total. The normalized spacial score (nSPS) is 11.2. The van der Waals surface area contributed by atoms with Crippen molar-refractivity contribution in [2.45, 2.75) is 20.4 Å². The summed E-state index contributed by atoms with van der Waals surface area (Å²) in [5, 5.41) is 10.6. The molecular weight excluding hydrogens is 286 g/mol. The van der Waals surface area contributed by atoms with Crippen molar-refractivity contribution < 1.29 is 14.5 Å². The Labute approximate surface area is 127 Å². The van der Waals surface area contributed by atoms with E-state index in [4.69, 9.17) is 4.74 Å². The van der Waals surface area contributed by atoms with E-state index in [1.807, 2.05) is 24.6 Å². The molecule has 0 spiro atoms. The van der Waals surface area contributed by atoms with Crippen LogP contribution in [0, 0.1) is 15.5 Å². The van der Waals surface area contributed by atoms with Crippen molar-refractivity contribution in [3.05, 3.63) is 58.7 Å². The lowest BCUT2D eigenvalue weighted by Gasteiger charge is -2.24. The number of esters is 1. The number of nitrogens with zero attached hydrogens (tertiary/aromatic N) is 3. The molecule has 116 valence electrons. The van der Waals surface area contributed by atoms with Gasteiger partial charge in [-0.25, -0.2) is 9.78 Å². The number of rotatable bonds is 6. The van der Waals surface area contributed by atoms with E-state index in [0.717, 1.165) is 0 Å². The van der Waals surface area contributed by atoms with Gasteiger partial charge >= 0.3 is 5.97 Å². The maximum absolute atomic E-state index is 12.0. The Morgan fingerprint density at radius 1 is 1.36 bits per heavy atom. The summed E-state index contributed by atoms with van der Waals surface area (Å²) in [6.07, 6.45) is 5.25. The molecule has 1 aromatic carbocycles. The molecule has 0 aliphatic heterocycles. The monoisotopic (exact) mass is 303 g/mol. The minimum absolute atomic E-state index is 0.0583. The van der Waals surface area contributed by atoms with Crippen LogP contribution in [0.4, 0.5) is 5.69 Å². The molecule has 0 saturated heterocycles. The fourth-order valence-electron chi connectivity index (χ4n) is 1.98. The number of hydrogen-bond acceptors (Lipinski definition) is 5. The van der Waals surface area contributed by atoms with Crippen LogP contribution in [-0.4, -0.2) is 27.1 Å². The first kappa shape index (κ1) is 15.7. The summed E-state index contributed by atoms with van der Waals surface area (Å²) in [6, 6.07) is 5.35. The van der Waals surface area contributed by atoms with E-state index in [-0.39, 0.29) is 17.7 Å². The molecule has 0 N–H and O–H groups in total. The zero-order chi connectivity index (χ0) is 16.2. The summed E-state index contributed by atoms with van der Waals surface area (Å²) in [5.41, 5.74) is -0.0158. The number of nitro groups is 1. The van der Waals surface area contributed by atoms with E-state index in [1.54, 1.807) is 12.5 Å². The summed E-state index contributed by atoms with van der Waals surface area (Å²) in [7, 11) is 0. The van der Waals surface area contributed by atoms with Crippen LogP contribution in [0.3, 0.4) is 0 Å². The summed E-state index contributed by atoms with van der Waals surface area (Å²) in [4.78, 5) is 26.0. The van der Waals surface area contributed by atoms with Crippen LogP contribution in [0.15, 0.2) is 43.0 Å². The first-order valence-corrected chi connectivity index (χ1v) is 6.75. The zero-order valence-corrected chi connectivity index (χ0v) is 12.4. The maximum Gasteiger partial charge on any atom is 0.338 e. The van der Waals surface area contributed by atoms with Crippen molar-refractivity contribution in [2.75, 3.05) is 6.61 Å². The molecule has 2 aromatic rings. The highest BCUT2D eigenvalue weighted by Crippen LogP contribution is 2.20. The molecule has 0 saturated carbocycles. The summed E-state index contributed by atoms with van der Waals surface area (Å²) in [5.74, 6) is -0.492. The van der Waals surface area contributed by atoms with Crippen LogP contribution in [-0.2, 0) is 11.3 Å². The predicted octanol–water partition coefficient (Wildman–Crippen LogP) is 2.67. The fourth-order valence-corrected chi connectivity index (χ4v) is 1.98. The van der Waals surface area contributed by atoms with Crippen LogP contribution in [0.2, 0.25) is 0 Å². The second-order valence-electron chi connectivity index (χ2n) is 5.78. The van der Waals surface area contributed by atoms with Crippen molar-refractivity contribution in [2.24, 2.45) is 5.41 Å². The van der Waals surface area contributed by atoms with Gasteiger partial charge in [-0.1, -0.05) is 13.8 Å². The van der Waals surface area contributed by atoms with E-state index in [9.17, 15) is 14.9 Å². The van der Waals surface area contributed by atoms with E-state index in [2.05, 4.69) is 4.98 Å². The average molecular weight is 303 g/mol. The Morgan fingerprint density at radius 3 is 2.59 bits per heavy atom. The number of aromatic nitrogens is 2. The van der Waals surface area contributed by atoms with Crippen molar-refractivity contribution in [3.63, 3.8) is 0 Å². The number of non-ortho nitro benzene ring substituents is 1. The lowest BCUT2D eigenvalue weighted by molar-refractivity contribution is -0.384. The van der Waals surface area contributed by atoms with Crippen LogP contribution in [0.1, 0.15) is 24.2 Å². The lowest BCUT2D eigenvalue weighted by atomic mass is 9.95. The smallest absolute Gasteiger partial charge is 0.338 e. The van der Waals surface area contributed by atoms with Gasteiger partial charge in [-0.15, -0.1) is 0 Å². The maximum atomic E-state index is 12.0. The Hall–Kier alpha value is -2.70. The van der Waals surface area contributed by atoms with E-state index >= 15 is 0 Å². The minimum atomic E-state index is -0.511. The Morgan fingerprint density at radius 2 is 2.05 bits per heavy atom. The van der Waals surface area contributed by atoms with Gasteiger partial charge < -0.3 is 9.30 Å². The number of imidazole rings is 1. The average Bonchev–Trinajstić information content (AvgIpc) is 2.97. The van der Waals surface area contributed by atoms with Gasteiger partial charge in [-0.3, -0.25) is 10.1 Å². The second kappa shape index (κ2) is 6.38. The van der Waals surface area contributed by atoms with Gasteiger partial charge in [0, 0.05) is 36.5 Å². The Balaban J connectivity index is 1.92. The zero-order valence-electron chi connectivity index (χ0n) is 12.4. The third kappa shape index (κ3) is 4.15. The largest absolute Gasteiger partial charge is 0.461 e. The number of nitro benzene ring substituents is 1. The van der Waals surface area contributed by atoms with Gasteiger partial charge in [0.25, 0.3) is 5.69 Å². The second-order valence-corrected chi connectivity index (χ2v) is 5.78. The van der Waals surface area contributed by atoms with Crippen LogP contribution in [0.25, 0.3) is 0 Å². The van der Waals surface area contributed by atoms with E-state index in [1.165, 1.54) is 24.3 Å². The molecule has 2 rings (SSSR count). The summed E-state index contributed by atoms with van der Waals surface area (Å²) in [6.45, 7) is 4.87. The SMILES string of the molecule is CC(C)(COC(=O)c1ccc([N+](=O)[O-])cc1)Cn1ccnc1. The van der Waals surface area contributed by atoms with Gasteiger partial charge in [0.1, 0.15) is 0 Å². The van der Waals surface area contributed by atoms with Gasteiger partial charge in [-0.2, -0.15) is 0 Å². The number of ether oxygens (including phenoxy) is 1. The third-order valence-electron chi connectivity index (χ3n) is 3.08. The van der Waals surface area contributed by atoms with Gasteiger partial charge in [0.15, 0.2) is 0 Å². The van der Waals surface area contributed by atoms with Crippen LogP contribution < -0.4 is 0 Å². The van der Waals surface area contributed by atoms with Gasteiger partial charge in [-0.05, 0) is 12.1 Å². The molecule has 0 bridgehead atoms. The highest BCUT2D eigenvalue weighted by molar-refractivity contribution is 5.89. The fraction of sp³-hybridized carbons (Fsp3) is 0.333. The van der Waals surface area contributed by atoms with Crippen molar-refractivity contribution in [3.8, 4) is 0 Å². The third-order valence-corrected chi connectivity index (χ3v) is 3.08. The van der Waals surface area contributed by atoms with Gasteiger partial charge in [0.05, 0.1) is 23.4 Å².